The number of rotatable bonds is 9. The Morgan fingerprint density at radius 1 is 1.24 bits per heavy atom. The molecule has 1 rings (SSSR count). The van der Waals surface area contributed by atoms with Gasteiger partial charge in [-0.2, -0.15) is 0 Å². The van der Waals surface area contributed by atoms with Crippen molar-refractivity contribution < 1.29 is 4.74 Å². The van der Waals surface area contributed by atoms with Gasteiger partial charge in [0.15, 0.2) is 0 Å². The van der Waals surface area contributed by atoms with E-state index in [0.717, 1.165) is 25.2 Å². The lowest BCUT2D eigenvalue weighted by Gasteiger charge is -2.33. The lowest BCUT2D eigenvalue weighted by molar-refractivity contribution is 0.163. The third-order valence-corrected chi connectivity index (χ3v) is 3.45. The van der Waals surface area contributed by atoms with Crippen molar-refractivity contribution in [2.45, 2.75) is 19.9 Å². The third-order valence-electron chi connectivity index (χ3n) is 3.45. The maximum absolute atomic E-state index is 6.04. The standard InChI is InChI=1S/C16H30N4O/c1-13(2)12-20(9-8-19(3)4)15(10-17)14-6-7-16(21-5)18-11-14/h6-7,11,13,15H,8-10,12,17H2,1-5H3. The van der Waals surface area contributed by atoms with Gasteiger partial charge in [0.1, 0.15) is 0 Å². The van der Waals surface area contributed by atoms with Crippen molar-refractivity contribution in [2.24, 2.45) is 11.7 Å². The first-order chi connectivity index (χ1) is 9.97. The van der Waals surface area contributed by atoms with Crippen molar-refractivity contribution in [3.8, 4) is 5.88 Å². The van der Waals surface area contributed by atoms with Gasteiger partial charge < -0.3 is 15.4 Å². The van der Waals surface area contributed by atoms with Crippen molar-refractivity contribution in [3.05, 3.63) is 23.9 Å². The summed E-state index contributed by atoms with van der Waals surface area (Å²) < 4.78 is 5.12. The fraction of sp³-hybridized carbons (Fsp3) is 0.688. The number of nitrogens with two attached hydrogens (primary N) is 1. The van der Waals surface area contributed by atoms with Gasteiger partial charge >= 0.3 is 0 Å². The smallest absolute Gasteiger partial charge is 0.212 e. The van der Waals surface area contributed by atoms with Crippen molar-refractivity contribution in [1.29, 1.82) is 0 Å². The number of likely N-dealkylation sites (N-methyl/N-ethyl adjacent to an activating group) is 1. The zero-order valence-corrected chi connectivity index (χ0v) is 14.0. The van der Waals surface area contributed by atoms with Gasteiger partial charge in [-0.25, -0.2) is 4.98 Å². The first-order valence-corrected chi connectivity index (χ1v) is 7.56. The highest BCUT2D eigenvalue weighted by Crippen LogP contribution is 2.21. The normalized spacial score (nSPS) is 13.2. The topological polar surface area (TPSA) is 54.6 Å². The average Bonchev–Trinajstić information content (AvgIpc) is 2.45. The Balaban J connectivity index is 2.87. The fourth-order valence-electron chi connectivity index (χ4n) is 2.38. The van der Waals surface area contributed by atoms with Crippen LogP contribution in [0.2, 0.25) is 0 Å². The van der Waals surface area contributed by atoms with Crippen LogP contribution in [0.15, 0.2) is 18.3 Å². The SMILES string of the molecule is COc1ccc(C(CN)N(CCN(C)C)CC(C)C)cn1. The lowest BCUT2D eigenvalue weighted by Crippen LogP contribution is -2.40. The second-order valence-corrected chi connectivity index (χ2v) is 6.08. The van der Waals surface area contributed by atoms with Gasteiger partial charge in [-0.3, -0.25) is 4.90 Å². The van der Waals surface area contributed by atoms with Gasteiger partial charge in [-0.15, -0.1) is 0 Å². The van der Waals surface area contributed by atoms with E-state index >= 15 is 0 Å². The minimum absolute atomic E-state index is 0.200. The summed E-state index contributed by atoms with van der Waals surface area (Å²) in [7, 11) is 5.82. The van der Waals surface area contributed by atoms with E-state index in [4.69, 9.17) is 10.5 Å². The molecule has 120 valence electrons. The first kappa shape index (κ1) is 17.9. The summed E-state index contributed by atoms with van der Waals surface area (Å²) >= 11 is 0. The predicted molar refractivity (Wildman–Crippen MR) is 87.5 cm³/mol. The minimum atomic E-state index is 0.200. The Kier molecular flexibility index (Phi) is 7.64. The Morgan fingerprint density at radius 2 is 1.95 bits per heavy atom. The highest BCUT2D eigenvalue weighted by Gasteiger charge is 2.20. The van der Waals surface area contributed by atoms with Gasteiger partial charge in [0.25, 0.3) is 0 Å². The minimum Gasteiger partial charge on any atom is -0.481 e. The molecular formula is C16H30N4O. The molecule has 1 unspecified atom stereocenters. The van der Waals surface area contributed by atoms with E-state index in [-0.39, 0.29) is 6.04 Å². The molecule has 0 aliphatic rings. The molecule has 5 nitrogen and oxygen atoms in total. The average molecular weight is 294 g/mol. The van der Waals surface area contributed by atoms with Crippen LogP contribution >= 0.6 is 0 Å². The summed E-state index contributed by atoms with van der Waals surface area (Å²) in [4.78, 5) is 8.96. The second kappa shape index (κ2) is 8.97. The number of ether oxygens (including phenoxy) is 1. The van der Waals surface area contributed by atoms with E-state index in [0.29, 0.717) is 18.3 Å². The number of pyridine rings is 1. The summed E-state index contributed by atoms with van der Waals surface area (Å²) in [5, 5.41) is 0. The zero-order valence-electron chi connectivity index (χ0n) is 14.0. The maximum Gasteiger partial charge on any atom is 0.212 e. The van der Waals surface area contributed by atoms with Crippen molar-refractivity contribution in [1.82, 2.24) is 14.8 Å². The predicted octanol–water partition coefficient (Wildman–Crippen LogP) is 1.61. The van der Waals surface area contributed by atoms with Crippen molar-refractivity contribution in [2.75, 3.05) is 47.4 Å². The molecule has 0 saturated carbocycles. The Labute approximate surface area is 129 Å². The first-order valence-electron chi connectivity index (χ1n) is 7.56. The van der Waals surface area contributed by atoms with E-state index in [1.54, 1.807) is 7.11 Å². The molecule has 1 aromatic rings. The number of aromatic nitrogens is 1. The number of hydrogen-bond donors (Lipinski definition) is 1. The van der Waals surface area contributed by atoms with Crippen LogP contribution in [0.3, 0.4) is 0 Å². The molecule has 5 heteroatoms. The van der Waals surface area contributed by atoms with E-state index in [1.165, 1.54) is 0 Å². The molecule has 21 heavy (non-hydrogen) atoms. The zero-order chi connectivity index (χ0) is 15.8. The van der Waals surface area contributed by atoms with Crippen molar-refractivity contribution >= 4 is 0 Å². The monoisotopic (exact) mass is 294 g/mol. The maximum atomic E-state index is 6.04. The summed E-state index contributed by atoms with van der Waals surface area (Å²) in [6.45, 7) is 8.12. The van der Waals surface area contributed by atoms with Gasteiger partial charge in [-0.05, 0) is 25.6 Å². The van der Waals surface area contributed by atoms with Crippen LogP contribution in [-0.4, -0.2) is 62.2 Å². The molecule has 0 aliphatic heterocycles. The van der Waals surface area contributed by atoms with Gasteiger partial charge in [0.2, 0.25) is 5.88 Å². The lowest BCUT2D eigenvalue weighted by atomic mass is 10.1. The summed E-state index contributed by atoms with van der Waals surface area (Å²) in [6.07, 6.45) is 1.87. The van der Waals surface area contributed by atoms with E-state index < -0.39 is 0 Å². The summed E-state index contributed by atoms with van der Waals surface area (Å²) in [5.41, 5.74) is 7.19. The second-order valence-electron chi connectivity index (χ2n) is 6.08. The largest absolute Gasteiger partial charge is 0.481 e. The number of methoxy groups -OCH3 is 1. The molecule has 0 saturated heterocycles. The molecule has 1 aromatic heterocycles. The molecule has 0 fully saturated rings. The van der Waals surface area contributed by atoms with E-state index in [1.807, 2.05) is 12.3 Å². The van der Waals surface area contributed by atoms with Crippen LogP contribution in [0.5, 0.6) is 5.88 Å². The molecule has 0 bridgehead atoms. The van der Waals surface area contributed by atoms with Crippen LogP contribution in [0.25, 0.3) is 0 Å². The summed E-state index contributed by atoms with van der Waals surface area (Å²) in [6, 6.07) is 4.16. The molecule has 1 heterocycles. The van der Waals surface area contributed by atoms with Crippen LogP contribution in [-0.2, 0) is 0 Å². The van der Waals surface area contributed by atoms with Gasteiger partial charge in [0.05, 0.1) is 7.11 Å². The van der Waals surface area contributed by atoms with Crippen LogP contribution < -0.4 is 10.5 Å². The Bertz CT molecular complexity index is 392. The van der Waals surface area contributed by atoms with E-state index in [2.05, 4.69) is 48.8 Å². The Morgan fingerprint density at radius 3 is 2.38 bits per heavy atom. The Hall–Kier alpha value is -1.17. The number of nitrogens with zero attached hydrogens (tertiary/aromatic N) is 3. The van der Waals surface area contributed by atoms with Gasteiger partial charge in [-0.1, -0.05) is 19.9 Å². The fourth-order valence-corrected chi connectivity index (χ4v) is 2.38. The highest BCUT2D eigenvalue weighted by molar-refractivity contribution is 5.21. The quantitative estimate of drug-likeness (QED) is 0.750. The molecule has 0 amide bonds. The molecule has 0 aliphatic carbocycles. The molecule has 2 N–H and O–H groups in total. The molecule has 0 spiro atoms. The number of hydrogen-bond acceptors (Lipinski definition) is 5. The molecule has 0 radical (unpaired) electrons. The third kappa shape index (κ3) is 5.99. The van der Waals surface area contributed by atoms with Crippen molar-refractivity contribution in [3.63, 3.8) is 0 Å². The molecule has 0 aromatic carbocycles. The van der Waals surface area contributed by atoms with Crippen LogP contribution in [0.1, 0.15) is 25.5 Å². The van der Waals surface area contributed by atoms with Crippen LogP contribution in [0.4, 0.5) is 0 Å². The van der Waals surface area contributed by atoms with E-state index in [9.17, 15) is 0 Å². The summed E-state index contributed by atoms with van der Waals surface area (Å²) in [5.74, 6) is 1.24. The molecule has 1 atom stereocenters. The molecular weight excluding hydrogens is 264 g/mol. The van der Waals surface area contributed by atoms with Crippen LogP contribution in [0, 0.1) is 5.92 Å². The highest BCUT2D eigenvalue weighted by atomic mass is 16.5. The van der Waals surface area contributed by atoms with Gasteiger partial charge in [0, 0.05) is 44.5 Å².